The molecule has 0 spiro atoms. The number of pyridine rings is 1. The Morgan fingerprint density at radius 3 is 2.92 bits per heavy atom. The van der Waals surface area contributed by atoms with E-state index < -0.39 is 0 Å². The van der Waals surface area contributed by atoms with Crippen molar-refractivity contribution in [3.05, 3.63) is 29.6 Å². The maximum atomic E-state index is 8.50. The Bertz CT molecular complexity index is 294. The number of rotatable bonds is 2. The third-order valence-electron chi connectivity index (χ3n) is 1.69. The number of hydrogen-bond acceptors (Lipinski definition) is 3. The molecule has 0 fully saturated rings. The zero-order chi connectivity index (χ0) is 8.97. The van der Waals surface area contributed by atoms with Crippen LogP contribution < -0.4 is 0 Å². The first-order valence-electron chi connectivity index (χ1n) is 3.93. The molecule has 1 aromatic heterocycles. The molecule has 0 atom stereocenters. The Hall–Kier alpha value is -1.38. The van der Waals surface area contributed by atoms with E-state index in [-0.39, 0.29) is 0 Å². The van der Waals surface area contributed by atoms with Crippen LogP contribution in [0.5, 0.6) is 0 Å². The van der Waals surface area contributed by atoms with E-state index in [1.54, 1.807) is 6.92 Å². The van der Waals surface area contributed by atoms with Crippen LogP contribution in [0.3, 0.4) is 0 Å². The lowest BCUT2D eigenvalue weighted by atomic mass is 10.2. The van der Waals surface area contributed by atoms with Crippen molar-refractivity contribution in [1.82, 2.24) is 4.98 Å². The molecular formula is C9H12N2O. The highest BCUT2D eigenvalue weighted by atomic mass is 16.4. The maximum Gasteiger partial charge on any atom is 0.102 e. The molecule has 64 valence electrons. The fourth-order valence-corrected chi connectivity index (χ4v) is 0.929. The van der Waals surface area contributed by atoms with Gasteiger partial charge in [-0.1, -0.05) is 18.1 Å². The molecule has 0 unspecified atom stereocenters. The molecular weight excluding hydrogens is 152 g/mol. The number of nitrogens with zero attached hydrogens (tertiary/aromatic N) is 2. The summed E-state index contributed by atoms with van der Waals surface area (Å²) in [5, 5.41) is 11.6. The number of oxime groups is 1. The smallest absolute Gasteiger partial charge is 0.102 e. The maximum absolute atomic E-state index is 8.50. The highest BCUT2D eigenvalue weighted by Gasteiger charge is 1.99. The predicted molar refractivity (Wildman–Crippen MR) is 47.6 cm³/mol. The third kappa shape index (κ3) is 1.81. The Morgan fingerprint density at radius 1 is 1.58 bits per heavy atom. The number of aryl methyl sites for hydroxylation is 1. The third-order valence-corrected chi connectivity index (χ3v) is 1.69. The van der Waals surface area contributed by atoms with Gasteiger partial charge in [-0.3, -0.25) is 4.98 Å². The van der Waals surface area contributed by atoms with E-state index in [1.165, 1.54) is 0 Å². The second-order valence-corrected chi connectivity index (χ2v) is 2.55. The molecule has 0 aliphatic rings. The van der Waals surface area contributed by atoms with Crippen molar-refractivity contribution < 1.29 is 5.21 Å². The predicted octanol–water partition coefficient (Wildman–Crippen LogP) is 1.84. The molecule has 0 bridgehead atoms. The first-order chi connectivity index (χ1) is 5.77. The lowest BCUT2D eigenvalue weighted by Crippen LogP contribution is -2.00. The molecule has 0 saturated heterocycles. The van der Waals surface area contributed by atoms with Crippen molar-refractivity contribution in [3.8, 4) is 0 Å². The Morgan fingerprint density at radius 2 is 2.33 bits per heavy atom. The summed E-state index contributed by atoms with van der Waals surface area (Å²) >= 11 is 0. The van der Waals surface area contributed by atoms with Crippen LogP contribution in [-0.4, -0.2) is 15.9 Å². The van der Waals surface area contributed by atoms with Crippen molar-refractivity contribution >= 4 is 5.71 Å². The van der Waals surface area contributed by atoms with Gasteiger partial charge >= 0.3 is 0 Å². The zero-order valence-corrected chi connectivity index (χ0v) is 7.28. The molecule has 1 aromatic rings. The van der Waals surface area contributed by atoms with Crippen molar-refractivity contribution in [2.75, 3.05) is 0 Å². The van der Waals surface area contributed by atoms with Crippen LogP contribution in [0.2, 0.25) is 0 Å². The molecule has 12 heavy (non-hydrogen) atoms. The minimum absolute atomic E-state index is 0.547. The zero-order valence-electron chi connectivity index (χ0n) is 7.28. The molecule has 0 radical (unpaired) electrons. The van der Waals surface area contributed by atoms with Gasteiger partial charge in [-0.15, -0.1) is 0 Å². The average Bonchev–Trinajstić information content (AvgIpc) is 2.17. The van der Waals surface area contributed by atoms with E-state index in [0.29, 0.717) is 5.71 Å². The summed E-state index contributed by atoms with van der Waals surface area (Å²) in [6.07, 6.45) is 0.895. The largest absolute Gasteiger partial charge is 0.411 e. The van der Waals surface area contributed by atoms with Gasteiger partial charge in [0.25, 0.3) is 0 Å². The molecule has 0 aliphatic carbocycles. The summed E-state index contributed by atoms with van der Waals surface area (Å²) in [5.74, 6) is 0. The fourth-order valence-electron chi connectivity index (χ4n) is 0.929. The van der Waals surface area contributed by atoms with Gasteiger partial charge in [0.05, 0.1) is 5.69 Å². The van der Waals surface area contributed by atoms with Gasteiger partial charge in [-0.05, 0) is 25.5 Å². The highest BCUT2D eigenvalue weighted by molar-refractivity contribution is 5.96. The molecule has 1 heterocycles. The second kappa shape index (κ2) is 3.85. The van der Waals surface area contributed by atoms with Gasteiger partial charge < -0.3 is 5.21 Å². The van der Waals surface area contributed by atoms with E-state index in [1.807, 2.05) is 25.1 Å². The van der Waals surface area contributed by atoms with Crippen molar-refractivity contribution in [3.63, 3.8) is 0 Å². The monoisotopic (exact) mass is 164 g/mol. The summed E-state index contributed by atoms with van der Waals surface area (Å²) in [6, 6.07) is 5.69. The normalized spacial score (nSPS) is 11.7. The molecule has 1 N–H and O–H groups in total. The first kappa shape index (κ1) is 8.71. The lowest BCUT2D eigenvalue weighted by molar-refractivity contribution is 0.319. The standard InChI is InChI=1S/C9H12N2O/c1-3-8-5-4-6-9(10-8)7(2)11-12/h4-6,12H,3H2,1-2H3. The number of hydrogen-bond donors (Lipinski definition) is 1. The van der Waals surface area contributed by atoms with Crippen LogP contribution in [0.1, 0.15) is 25.2 Å². The second-order valence-electron chi connectivity index (χ2n) is 2.55. The van der Waals surface area contributed by atoms with Crippen molar-refractivity contribution in [2.24, 2.45) is 5.16 Å². The highest BCUT2D eigenvalue weighted by Crippen LogP contribution is 2.01. The van der Waals surface area contributed by atoms with Crippen molar-refractivity contribution in [2.45, 2.75) is 20.3 Å². The van der Waals surface area contributed by atoms with Crippen LogP contribution in [0.4, 0.5) is 0 Å². The van der Waals surface area contributed by atoms with Gasteiger partial charge in [0.2, 0.25) is 0 Å². The van der Waals surface area contributed by atoms with Gasteiger partial charge in [0.15, 0.2) is 0 Å². The number of aromatic nitrogens is 1. The molecule has 3 heteroatoms. The Labute approximate surface area is 71.8 Å². The molecule has 3 nitrogen and oxygen atoms in total. The fraction of sp³-hybridized carbons (Fsp3) is 0.333. The summed E-state index contributed by atoms with van der Waals surface area (Å²) in [6.45, 7) is 3.76. The molecule has 0 aliphatic heterocycles. The minimum atomic E-state index is 0.547. The van der Waals surface area contributed by atoms with Gasteiger partial charge in [0.1, 0.15) is 5.71 Å². The van der Waals surface area contributed by atoms with Gasteiger partial charge in [-0.2, -0.15) is 0 Å². The lowest BCUT2D eigenvalue weighted by Gasteiger charge is -1.99. The average molecular weight is 164 g/mol. The first-order valence-corrected chi connectivity index (χ1v) is 3.93. The van der Waals surface area contributed by atoms with E-state index in [2.05, 4.69) is 10.1 Å². The summed E-state index contributed by atoms with van der Waals surface area (Å²) in [7, 11) is 0. The molecule has 1 rings (SSSR count). The molecule has 0 saturated carbocycles. The van der Waals surface area contributed by atoms with E-state index >= 15 is 0 Å². The summed E-state index contributed by atoms with van der Waals surface area (Å²) < 4.78 is 0. The van der Waals surface area contributed by atoms with E-state index in [0.717, 1.165) is 17.8 Å². The van der Waals surface area contributed by atoms with E-state index in [9.17, 15) is 0 Å². The van der Waals surface area contributed by atoms with Crippen LogP contribution in [0.15, 0.2) is 23.4 Å². The Kier molecular flexibility index (Phi) is 2.80. The summed E-state index contributed by atoms with van der Waals surface area (Å²) in [4.78, 5) is 4.27. The van der Waals surface area contributed by atoms with Gasteiger partial charge in [-0.25, -0.2) is 0 Å². The van der Waals surface area contributed by atoms with Crippen LogP contribution in [0.25, 0.3) is 0 Å². The van der Waals surface area contributed by atoms with E-state index in [4.69, 9.17) is 5.21 Å². The SMILES string of the molecule is CCc1cccc(C(C)=NO)n1. The van der Waals surface area contributed by atoms with Crippen molar-refractivity contribution in [1.29, 1.82) is 0 Å². The molecule has 0 aromatic carbocycles. The molecule has 0 amide bonds. The van der Waals surface area contributed by atoms with Crippen LogP contribution >= 0.6 is 0 Å². The quantitative estimate of drug-likeness (QED) is 0.412. The minimum Gasteiger partial charge on any atom is -0.411 e. The Balaban J connectivity index is 3.02. The summed E-state index contributed by atoms with van der Waals surface area (Å²) in [5.41, 5.74) is 2.29. The van der Waals surface area contributed by atoms with Crippen LogP contribution in [0, 0.1) is 0 Å². The van der Waals surface area contributed by atoms with Crippen LogP contribution in [-0.2, 0) is 6.42 Å². The van der Waals surface area contributed by atoms with Gasteiger partial charge in [0, 0.05) is 5.69 Å². The topological polar surface area (TPSA) is 45.5 Å².